The molecule has 0 saturated carbocycles. The molecule has 2 N–H and O–H groups in total. The zero-order valence-corrected chi connectivity index (χ0v) is 26.0. The van der Waals surface area contributed by atoms with Crippen molar-refractivity contribution in [1.29, 1.82) is 0 Å². The first-order valence-corrected chi connectivity index (χ1v) is 14.4. The van der Waals surface area contributed by atoms with E-state index in [0.29, 0.717) is 31.1 Å². The first kappa shape index (κ1) is 30.9. The van der Waals surface area contributed by atoms with Gasteiger partial charge in [0.25, 0.3) is 0 Å². The van der Waals surface area contributed by atoms with Crippen molar-refractivity contribution in [2.24, 2.45) is 0 Å². The van der Waals surface area contributed by atoms with Gasteiger partial charge in [0.15, 0.2) is 0 Å². The molecule has 3 aromatic carbocycles. The number of halogens is 1. The van der Waals surface area contributed by atoms with Crippen molar-refractivity contribution >= 4 is 23.0 Å². The van der Waals surface area contributed by atoms with Gasteiger partial charge in [0, 0.05) is 54.7 Å². The third-order valence-corrected chi connectivity index (χ3v) is 7.52. The van der Waals surface area contributed by atoms with Gasteiger partial charge in [-0.15, -0.1) is 0 Å². The number of rotatable bonds is 10. The number of hydrogen-bond acceptors (Lipinski definition) is 6. The van der Waals surface area contributed by atoms with Gasteiger partial charge in [-0.3, -0.25) is 0 Å². The Morgan fingerprint density at radius 3 is 2.45 bits per heavy atom. The van der Waals surface area contributed by atoms with E-state index >= 15 is 0 Å². The van der Waals surface area contributed by atoms with Crippen molar-refractivity contribution in [3.63, 3.8) is 0 Å². The Bertz CT molecular complexity index is 1480. The summed E-state index contributed by atoms with van der Waals surface area (Å²) in [5.74, 6) is 0.718. The van der Waals surface area contributed by atoms with Crippen LogP contribution in [0, 0.1) is 12.7 Å². The van der Waals surface area contributed by atoms with Gasteiger partial charge in [-0.05, 0) is 101 Å². The Balaban J connectivity index is 1.73. The molecule has 0 unspecified atom stereocenters. The Hall–Kier alpha value is -4.04. The highest BCUT2D eigenvalue weighted by atomic mass is 19.1. The number of ether oxygens (including phenoxy) is 2. The minimum absolute atomic E-state index is 0.190. The van der Waals surface area contributed by atoms with Crippen molar-refractivity contribution < 1.29 is 18.7 Å². The van der Waals surface area contributed by atoms with Gasteiger partial charge < -0.3 is 29.9 Å². The highest BCUT2D eigenvalue weighted by molar-refractivity contribution is 5.89. The smallest absolute Gasteiger partial charge is 0.415 e. The number of benzene rings is 3. The van der Waals surface area contributed by atoms with Gasteiger partial charge in [-0.2, -0.15) is 0 Å². The van der Waals surface area contributed by atoms with E-state index < -0.39 is 6.09 Å². The number of hydrogen-bond donors (Lipinski definition) is 2. The molecule has 3 aromatic rings. The van der Waals surface area contributed by atoms with E-state index in [0.717, 1.165) is 51.3 Å². The number of nitrogens with one attached hydrogen (secondary N) is 2. The molecule has 1 aliphatic heterocycles. The van der Waals surface area contributed by atoms with Crippen LogP contribution >= 0.6 is 0 Å². The standard InChI is InChI=1S/C34H43FN4O3/c1-9-39(17-16-38(6)7)33(40)42-25-12-13-27(31(19-25)41-8)26-14-15-29-32(23(3)20-34(4,5)37-29)28(26)21-36-30-18-24(35)11-10-22(30)2/h10-15,18-20,36-37H,9,16-17,21H2,1-8H3. The number of fused-ring (bicyclic) bond motifs is 1. The summed E-state index contributed by atoms with van der Waals surface area (Å²) in [4.78, 5) is 16.6. The molecule has 0 spiro atoms. The number of amides is 1. The molecule has 42 heavy (non-hydrogen) atoms. The van der Waals surface area contributed by atoms with E-state index in [-0.39, 0.29) is 11.4 Å². The molecule has 0 saturated heterocycles. The molecule has 8 heteroatoms. The molecular formula is C34H43FN4O3. The maximum Gasteiger partial charge on any atom is 0.415 e. The molecule has 7 nitrogen and oxygen atoms in total. The lowest BCUT2D eigenvalue weighted by Crippen LogP contribution is -2.38. The highest BCUT2D eigenvalue weighted by Crippen LogP contribution is 2.43. The Labute approximate surface area is 249 Å². The van der Waals surface area contributed by atoms with Crippen LogP contribution in [0.4, 0.5) is 20.6 Å². The fourth-order valence-electron chi connectivity index (χ4n) is 5.43. The average Bonchev–Trinajstić information content (AvgIpc) is 2.92. The minimum atomic E-state index is -0.396. The van der Waals surface area contributed by atoms with Crippen LogP contribution < -0.4 is 20.1 Å². The van der Waals surface area contributed by atoms with Crippen LogP contribution in [0.3, 0.4) is 0 Å². The van der Waals surface area contributed by atoms with Crippen molar-refractivity contribution in [3.8, 4) is 22.6 Å². The summed E-state index contributed by atoms with van der Waals surface area (Å²) in [6.45, 7) is 12.6. The van der Waals surface area contributed by atoms with Crippen molar-refractivity contribution in [2.75, 3.05) is 51.5 Å². The maximum absolute atomic E-state index is 14.1. The van der Waals surface area contributed by atoms with Crippen LogP contribution in [0.2, 0.25) is 0 Å². The normalized spacial score (nSPS) is 13.6. The highest BCUT2D eigenvalue weighted by Gasteiger charge is 2.27. The Morgan fingerprint density at radius 2 is 1.76 bits per heavy atom. The summed E-state index contributed by atoms with van der Waals surface area (Å²) >= 11 is 0. The second kappa shape index (κ2) is 12.9. The van der Waals surface area contributed by atoms with Crippen LogP contribution in [0.25, 0.3) is 16.7 Å². The quantitative estimate of drug-likeness (QED) is 0.263. The van der Waals surface area contributed by atoms with E-state index in [2.05, 4.69) is 49.6 Å². The zero-order chi connectivity index (χ0) is 30.6. The van der Waals surface area contributed by atoms with Gasteiger partial charge in [-0.1, -0.05) is 18.2 Å². The predicted molar refractivity (Wildman–Crippen MR) is 170 cm³/mol. The van der Waals surface area contributed by atoms with Gasteiger partial charge in [0.05, 0.1) is 12.6 Å². The number of aryl methyl sites for hydroxylation is 1. The molecule has 0 aromatic heterocycles. The zero-order valence-electron chi connectivity index (χ0n) is 26.0. The van der Waals surface area contributed by atoms with Crippen LogP contribution in [0.5, 0.6) is 11.5 Å². The van der Waals surface area contributed by atoms with Crippen LogP contribution in [-0.4, -0.2) is 62.3 Å². The van der Waals surface area contributed by atoms with Gasteiger partial charge in [-0.25, -0.2) is 9.18 Å². The molecule has 0 aliphatic carbocycles. The van der Waals surface area contributed by atoms with E-state index in [1.807, 2.05) is 38.9 Å². The first-order valence-electron chi connectivity index (χ1n) is 14.4. The van der Waals surface area contributed by atoms with Gasteiger partial charge in [0.1, 0.15) is 17.3 Å². The number of allylic oxidation sites excluding steroid dienone is 1. The fraction of sp³-hybridized carbons (Fsp3) is 0.382. The molecule has 224 valence electrons. The second-order valence-corrected chi connectivity index (χ2v) is 11.6. The first-order chi connectivity index (χ1) is 19.9. The Morgan fingerprint density at radius 1 is 1.02 bits per heavy atom. The molecular weight excluding hydrogens is 531 g/mol. The minimum Gasteiger partial charge on any atom is -0.496 e. The number of nitrogens with zero attached hydrogens (tertiary/aromatic N) is 2. The maximum atomic E-state index is 14.1. The summed E-state index contributed by atoms with van der Waals surface area (Å²) in [5.41, 5.74) is 7.71. The third-order valence-electron chi connectivity index (χ3n) is 7.52. The number of carbonyl (C=O) groups is 1. The molecule has 1 amide bonds. The molecule has 0 radical (unpaired) electrons. The summed E-state index contributed by atoms with van der Waals surface area (Å²) in [5, 5.41) is 7.11. The number of likely N-dealkylation sites (N-methyl/N-ethyl adjacent to an activating group) is 2. The lowest BCUT2D eigenvalue weighted by molar-refractivity contribution is 0.150. The summed E-state index contributed by atoms with van der Waals surface area (Å²) < 4.78 is 25.7. The van der Waals surface area contributed by atoms with Crippen molar-refractivity contribution in [3.05, 3.63) is 77.1 Å². The van der Waals surface area contributed by atoms with Gasteiger partial charge >= 0.3 is 6.09 Å². The molecule has 1 heterocycles. The molecule has 0 bridgehead atoms. The van der Waals surface area contributed by atoms with Crippen LogP contribution in [0.15, 0.2) is 54.6 Å². The Kier molecular flexibility index (Phi) is 9.46. The molecule has 0 atom stereocenters. The monoisotopic (exact) mass is 574 g/mol. The number of carbonyl (C=O) groups excluding carboxylic acids is 1. The van der Waals surface area contributed by atoms with Crippen molar-refractivity contribution in [1.82, 2.24) is 9.80 Å². The third kappa shape index (κ3) is 7.05. The summed E-state index contributed by atoms with van der Waals surface area (Å²) in [6.07, 6.45) is 1.83. The summed E-state index contributed by atoms with van der Waals surface area (Å²) in [7, 11) is 5.56. The lowest BCUT2D eigenvalue weighted by atomic mass is 9.85. The largest absolute Gasteiger partial charge is 0.496 e. The topological polar surface area (TPSA) is 66.1 Å². The average molecular weight is 575 g/mol. The van der Waals surface area contributed by atoms with E-state index in [1.54, 1.807) is 30.2 Å². The predicted octanol–water partition coefficient (Wildman–Crippen LogP) is 7.41. The SMILES string of the molecule is CCN(CCN(C)C)C(=O)Oc1ccc(-c2ccc3c(c2CNc2cc(F)ccc2C)C(C)=CC(C)(C)N3)c(OC)c1. The van der Waals surface area contributed by atoms with E-state index in [1.165, 1.54) is 12.1 Å². The second-order valence-electron chi connectivity index (χ2n) is 11.6. The lowest BCUT2D eigenvalue weighted by Gasteiger charge is -2.33. The van der Waals surface area contributed by atoms with Crippen molar-refractivity contribution in [2.45, 2.75) is 46.7 Å². The van der Waals surface area contributed by atoms with Crippen LogP contribution in [-0.2, 0) is 6.54 Å². The van der Waals surface area contributed by atoms with Crippen LogP contribution in [0.1, 0.15) is 44.4 Å². The molecule has 0 fully saturated rings. The molecule has 1 aliphatic rings. The summed E-state index contributed by atoms with van der Waals surface area (Å²) in [6, 6.07) is 14.4. The molecule has 4 rings (SSSR count). The number of anilines is 2. The number of methoxy groups -OCH3 is 1. The van der Waals surface area contributed by atoms with Gasteiger partial charge in [0.2, 0.25) is 0 Å². The van der Waals surface area contributed by atoms with E-state index in [4.69, 9.17) is 9.47 Å². The fourth-order valence-corrected chi connectivity index (χ4v) is 5.43. The van der Waals surface area contributed by atoms with E-state index in [9.17, 15) is 9.18 Å².